The number of nitrogens with zero attached hydrogens (tertiary/aromatic N) is 2. The normalized spacial score (nSPS) is 15.0. The molecule has 1 aromatic carbocycles. The Balaban J connectivity index is 0.00000108. The van der Waals surface area contributed by atoms with Crippen LogP contribution in [0, 0.1) is 12.8 Å². The van der Waals surface area contributed by atoms with Gasteiger partial charge in [-0.15, -0.1) is 0 Å². The summed E-state index contributed by atoms with van der Waals surface area (Å²) in [6, 6.07) is 4.77. The SMILES string of the molecule is CC(C)(C)N.CCOCCC(=O)N1Cc2cc(OCCc3nc(/C=C/CCC(C)C)oc3C)ccc2C[C@H]1C(=O)O. The fraction of sp³-hybridized carbons (Fsp3) is 0.594. The molecule has 0 fully saturated rings. The molecule has 41 heavy (non-hydrogen) atoms. The lowest BCUT2D eigenvalue weighted by molar-refractivity contribution is -0.151. The molecule has 3 N–H and O–H groups in total. The van der Waals surface area contributed by atoms with Crippen LogP contribution in [-0.4, -0.2) is 58.3 Å². The first-order chi connectivity index (χ1) is 19.3. The van der Waals surface area contributed by atoms with Crippen LogP contribution in [0.5, 0.6) is 5.75 Å². The second-order valence-electron chi connectivity index (χ2n) is 11.9. The maximum atomic E-state index is 12.7. The molecular weight excluding hydrogens is 522 g/mol. The predicted octanol–water partition coefficient (Wildman–Crippen LogP) is 5.56. The Hall–Kier alpha value is -3.17. The van der Waals surface area contributed by atoms with Crippen LogP contribution in [0.2, 0.25) is 0 Å². The highest BCUT2D eigenvalue weighted by Gasteiger charge is 2.34. The average molecular weight is 572 g/mol. The number of carbonyl (C=O) groups excluding carboxylic acids is 1. The number of carboxylic acids is 1. The standard InChI is InChI=1S/C28H38N2O6.C4H11N/c1-5-34-14-13-27(31)30-18-22-16-23(11-10-21(22)17-25(30)28(32)33)35-15-12-24-20(4)36-26(29-24)9-7-6-8-19(2)3;1-4(2,3)5/h7,9-11,16,19,25H,5-6,8,12-15,17-18H2,1-4H3,(H,32,33);5H2,1-3H3/b9-7+;/t25-;/m0./s1. The second kappa shape index (κ2) is 16.3. The summed E-state index contributed by atoms with van der Waals surface area (Å²) in [5, 5.41) is 9.67. The van der Waals surface area contributed by atoms with Gasteiger partial charge in [0.2, 0.25) is 11.8 Å². The molecule has 228 valence electrons. The maximum absolute atomic E-state index is 12.7. The first-order valence-electron chi connectivity index (χ1n) is 14.5. The largest absolute Gasteiger partial charge is 0.493 e. The Morgan fingerprint density at radius 2 is 1.95 bits per heavy atom. The number of carboxylic acid groups (broad SMARTS) is 1. The van der Waals surface area contributed by atoms with Gasteiger partial charge in [-0.25, -0.2) is 9.78 Å². The summed E-state index contributed by atoms with van der Waals surface area (Å²) >= 11 is 0. The number of benzene rings is 1. The number of oxazole rings is 1. The van der Waals surface area contributed by atoms with Crippen molar-refractivity contribution in [3.63, 3.8) is 0 Å². The monoisotopic (exact) mass is 571 g/mol. The van der Waals surface area contributed by atoms with Gasteiger partial charge in [-0.3, -0.25) is 4.79 Å². The van der Waals surface area contributed by atoms with E-state index in [1.165, 1.54) is 4.90 Å². The number of aliphatic carboxylic acids is 1. The zero-order valence-corrected chi connectivity index (χ0v) is 25.9. The molecule has 0 saturated carbocycles. The van der Waals surface area contributed by atoms with Crippen LogP contribution in [0.1, 0.15) is 89.3 Å². The molecule has 2 heterocycles. The van der Waals surface area contributed by atoms with Crippen LogP contribution in [0.15, 0.2) is 28.7 Å². The van der Waals surface area contributed by atoms with Crippen molar-refractivity contribution in [1.29, 1.82) is 0 Å². The number of aryl methyl sites for hydroxylation is 1. The molecule has 1 amide bonds. The summed E-state index contributed by atoms with van der Waals surface area (Å²) in [6.07, 6.45) is 7.20. The van der Waals surface area contributed by atoms with E-state index in [0.29, 0.717) is 37.2 Å². The topological polar surface area (TPSA) is 128 Å². The Morgan fingerprint density at radius 3 is 2.59 bits per heavy atom. The lowest BCUT2D eigenvalue weighted by Crippen LogP contribution is -2.48. The van der Waals surface area contributed by atoms with E-state index in [1.807, 2.05) is 58.9 Å². The molecule has 0 aliphatic carbocycles. The average Bonchev–Trinajstić information content (AvgIpc) is 3.23. The third-order valence-corrected chi connectivity index (χ3v) is 6.27. The Bertz CT molecular complexity index is 1140. The number of nitrogens with two attached hydrogens (primary N) is 1. The Morgan fingerprint density at radius 1 is 1.24 bits per heavy atom. The first-order valence-corrected chi connectivity index (χ1v) is 14.5. The zero-order chi connectivity index (χ0) is 30.6. The zero-order valence-electron chi connectivity index (χ0n) is 25.9. The third-order valence-electron chi connectivity index (χ3n) is 6.27. The third kappa shape index (κ3) is 12.5. The van der Waals surface area contributed by atoms with Crippen LogP contribution in [0.4, 0.5) is 0 Å². The summed E-state index contributed by atoms with van der Waals surface area (Å²) in [5.41, 5.74) is 8.05. The number of aromatic nitrogens is 1. The molecule has 0 spiro atoms. The van der Waals surface area contributed by atoms with Crippen molar-refractivity contribution in [2.24, 2.45) is 11.7 Å². The van der Waals surface area contributed by atoms with Gasteiger partial charge in [0.25, 0.3) is 0 Å². The number of allylic oxidation sites excluding steroid dienone is 1. The van der Waals surface area contributed by atoms with Crippen LogP contribution >= 0.6 is 0 Å². The van der Waals surface area contributed by atoms with Gasteiger partial charge in [-0.2, -0.15) is 0 Å². The maximum Gasteiger partial charge on any atom is 0.326 e. The molecular formula is C32H49N3O6. The number of carbonyl (C=O) groups is 2. The van der Waals surface area contributed by atoms with E-state index in [0.717, 1.165) is 35.4 Å². The second-order valence-corrected chi connectivity index (χ2v) is 11.9. The fourth-order valence-electron chi connectivity index (χ4n) is 4.21. The smallest absolute Gasteiger partial charge is 0.326 e. The molecule has 9 heteroatoms. The Labute approximate surface area is 245 Å². The van der Waals surface area contributed by atoms with Crippen LogP contribution < -0.4 is 10.5 Å². The highest BCUT2D eigenvalue weighted by Crippen LogP contribution is 2.28. The minimum absolute atomic E-state index is 0. The van der Waals surface area contributed by atoms with Gasteiger partial charge >= 0.3 is 5.97 Å². The fourth-order valence-corrected chi connectivity index (χ4v) is 4.21. The van der Waals surface area contributed by atoms with Crippen molar-refractivity contribution in [1.82, 2.24) is 9.88 Å². The van der Waals surface area contributed by atoms with Gasteiger partial charge in [0.05, 0.1) is 25.3 Å². The minimum atomic E-state index is -0.997. The minimum Gasteiger partial charge on any atom is -0.493 e. The molecule has 3 rings (SSSR count). The molecule has 0 bridgehead atoms. The van der Waals surface area contributed by atoms with Gasteiger partial charge in [-0.1, -0.05) is 26.0 Å². The molecule has 1 atom stereocenters. The first kappa shape index (κ1) is 34.0. The molecule has 1 aliphatic rings. The molecule has 1 aromatic heterocycles. The molecule has 0 saturated heterocycles. The van der Waals surface area contributed by atoms with Gasteiger partial charge in [-0.05, 0) is 82.7 Å². The van der Waals surface area contributed by atoms with E-state index in [-0.39, 0.29) is 37.4 Å². The number of amides is 1. The summed E-state index contributed by atoms with van der Waals surface area (Å²) in [5.74, 6) is 1.53. The summed E-state index contributed by atoms with van der Waals surface area (Å²) < 4.78 is 17.0. The molecule has 0 radical (unpaired) electrons. The van der Waals surface area contributed by atoms with E-state index >= 15 is 0 Å². The van der Waals surface area contributed by atoms with Gasteiger partial charge < -0.3 is 29.6 Å². The van der Waals surface area contributed by atoms with Gasteiger partial charge in [0, 0.05) is 31.5 Å². The van der Waals surface area contributed by atoms with Gasteiger partial charge in [0.15, 0.2) is 0 Å². The highest BCUT2D eigenvalue weighted by atomic mass is 16.5. The van der Waals surface area contributed by atoms with Gasteiger partial charge in [0.1, 0.15) is 17.6 Å². The quantitative estimate of drug-likeness (QED) is 0.299. The predicted molar refractivity (Wildman–Crippen MR) is 161 cm³/mol. The van der Waals surface area contributed by atoms with Crippen molar-refractivity contribution in [2.75, 3.05) is 19.8 Å². The van der Waals surface area contributed by atoms with E-state index in [9.17, 15) is 14.7 Å². The van der Waals surface area contributed by atoms with E-state index in [2.05, 4.69) is 24.9 Å². The summed E-state index contributed by atoms with van der Waals surface area (Å²) in [6.45, 7) is 15.5. The van der Waals surface area contributed by atoms with Crippen LogP contribution in [0.3, 0.4) is 0 Å². The molecule has 2 aromatic rings. The summed E-state index contributed by atoms with van der Waals surface area (Å²) in [7, 11) is 0. The number of ether oxygens (including phenoxy) is 2. The van der Waals surface area contributed by atoms with Crippen LogP contribution in [0.25, 0.3) is 6.08 Å². The lowest BCUT2D eigenvalue weighted by atomic mass is 9.93. The highest BCUT2D eigenvalue weighted by molar-refractivity contribution is 5.84. The van der Waals surface area contributed by atoms with Crippen molar-refractivity contribution in [2.45, 2.75) is 98.7 Å². The summed E-state index contributed by atoms with van der Waals surface area (Å²) in [4.78, 5) is 30.5. The van der Waals surface area contributed by atoms with Crippen molar-refractivity contribution in [3.8, 4) is 5.75 Å². The number of fused-ring (bicyclic) bond motifs is 1. The number of hydrogen-bond donors (Lipinski definition) is 2. The lowest BCUT2D eigenvalue weighted by Gasteiger charge is -2.34. The van der Waals surface area contributed by atoms with E-state index < -0.39 is 12.0 Å². The number of hydrogen-bond acceptors (Lipinski definition) is 7. The van der Waals surface area contributed by atoms with Crippen LogP contribution in [-0.2, 0) is 33.7 Å². The number of rotatable bonds is 13. The van der Waals surface area contributed by atoms with E-state index in [4.69, 9.17) is 19.6 Å². The van der Waals surface area contributed by atoms with Crippen molar-refractivity contribution < 1.29 is 28.6 Å². The van der Waals surface area contributed by atoms with E-state index in [1.54, 1.807) is 0 Å². The van der Waals surface area contributed by atoms with Crippen molar-refractivity contribution in [3.05, 3.63) is 52.7 Å². The molecule has 0 unspecified atom stereocenters. The molecule has 9 nitrogen and oxygen atoms in total. The molecule has 1 aliphatic heterocycles. The van der Waals surface area contributed by atoms with Crippen molar-refractivity contribution >= 4 is 18.0 Å². The Kier molecular flexibility index (Phi) is 13.5.